The second-order valence-electron chi connectivity index (χ2n) is 2.86. The van der Waals surface area contributed by atoms with Crippen molar-refractivity contribution >= 4 is 11.8 Å². The molecule has 0 radical (unpaired) electrons. The molecule has 0 bridgehead atoms. The largest absolute Gasteiger partial charge is 0.370 e. The Morgan fingerprint density at radius 3 is 2.54 bits per heavy atom. The number of carbonyl (C=O) groups is 2. The second-order valence-corrected chi connectivity index (χ2v) is 2.86. The highest BCUT2D eigenvalue weighted by atomic mass is 16.2. The lowest BCUT2D eigenvalue weighted by Crippen LogP contribution is -2.41. The molecule has 0 aliphatic carbocycles. The lowest BCUT2D eigenvalue weighted by Gasteiger charge is -2.11. The highest BCUT2D eigenvalue weighted by molar-refractivity contribution is 5.80. The molecule has 4 N–H and O–H groups in total. The van der Waals surface area contributed by atoms with Gasteiger partial charge < -0.3 is 16.4 Å². The quantitative estimate of drug-likeness (QED) is 0.465. The molecule has 2 amide bonds. The highest BCUT2D eigenvalue weighted by Crippen LogP contribution is 1.87. The monoisotopic (exact) mass is 187 g/mol. The van der Waals surface area contributed by atoms with E-state index in [1.165, 1.54) is 0 Å². The lowest BCUT2D eigenvalue weighted by molar-refractivity contribution is -0.122. The molecular weight excluding hydrogens is 170 g/mol. The highest BCUT2D eigenvalue weighted by Gasteiger charge is 2.08. The van der Waals surface area contributed by atoms with Gasteiger partial charge in [-0.1, -0.05) is 0 Å². The van der Waals surface area contributed by atoms with Gasteiger partial charge in [-0.15, -0.1) is 0 Å². The third-order valence-corrected chi connectivity index (χ3v) is 1.69. The van der Waals surface area contributed by atoms with Gasteiger partial charge in [0, 0.05) is 13.5 Å². The van der Waals surface area contributed by atoms with Crippen LogP contribution in [0.4, 0.5) is 0 Å². The summed E-state index contributed by atoms with van der Waals surface area (Å²) in [7, 11) is 1.59. The summed E-state index contributed by atoms with van der Waals surface area (Å²) in [4.78, 5) is 21.3. The van der Waals surface area contributed by atoms with Gasteiger partial charge in [0.15, 0.2) is 0 Å². The molecule has 0 heterocycles. The maximum absolute atomic E-state index is 11.0. The van der Waals surface area contributed by atoms with Gasteiger partial charge in [-0.05, 0) is 19.9 Å². The summed E-state index contributed by atoms with van der Waals surface area (Å²) in [6.45, 7) is 2.39. The van der Waals surface area contributed by atoms with Crippen molar-refractivity contribution in [3.63, 3.8) is 0 Å². The Morgan fingerprint density at radius 1 is 1.46 bits per heavy atom. The smallest absolute Gasteiger partial charge is 0.236 e. The van der Waals surface area contributed by atoms with Crippen LogP contribution in [0.2, 0.25) is 0 Å². The summed E-state index contributed by atoms with van der Waals surface area (Å²) in [6.07, 6.45) is 1.02. The van der Waals surface area contributed by atoms with Crippen LogP contribution in [-0.2, 0) is 9.59 Å². The third kappa shape index (κ3) is 6.10. The van der Waals surface area contributed by atoms with Crippen molar-refractivity contribution in [2.24, 2.45) is 5.73 Å². The van der Waals surface area contributed by atoms with Gasteiger partial charge in [-0.2, -0.15) is 0 Å². The summed E-state index contributed by atoms with van der Waals surface area (Å²) in [5.41, 5.74) is 4.95. The van der Waals surface area contributed by atoms with E-state index in [1.54, 1.807) is 14.0 Å². The van der Waals surface area contributed by atoms with Crippen molar-refractivity contribution < 1.29 is 9.59 Å². The minimum Gasteiger partial charge on any atom is -0.370 e. The zero-order valence-electron chi connectivity index (χ0n) is 8.09. The molecule has 0 aromatic carbocycles. The molecule has 13 heavy (non-hydrogen) atoms. The van der Waals surface area contributed by atoms with Gasteiger partial charge in [0.2, 0.25) is 11.8 Å². The van der Waals surface area contributed by atoms with E-state index in [4.69, 9.17) is 5.73 Å². The molecule has 1 unspecified atom stereocenters. The predicted molar refractivity (Wildman–Crippen MR) is 50.0 cm³/mol. The number of primary amides is 1. The Labute approximate surface area is 78.1 Å². The molecule has 0 rings (SSSR count). The van der Waals surface area contributed by atoms with E-state index >= 15 is 0 Å². The average Bonchev–Trinajstić information content (AvgIpc) is 2.10. The Hall–Kier alpha value is -1.10. The molecule has 0 spiro atoms. The normalized spacial score (nSPS) is 12.2. The Balaban J connectivity index is 3.42. The fraction of sp³-hybridized carbons (Fsp3) is 0.750. The van der Waals surface area contributed by atoms with Gasteiger partial charge in [0.05, 0.1) is 6.04 Å². The van der Waals surface area contributed by atoms with Crippen LogP contribution in [-0.4, -0.2) is 31.4 Å². The lowest BCUT2D eigenvalue weighted by atomic mass is 10.2. The van der Waals surface area contributed by atoms with Crippen molar-refractivity contribution in [2.45, 2.75) is 25.8 Å². The fourth-order valence-corrected chi connectivity index (χ4v) is 0.890. The molecule has 76 valence electrons. The zero-order chi connectivity index (χ0) is 10.3. The van der Waals surface area contributed by atoms with Crippen LogP contribution in [0.5, 0.6) is 0 Å². The Bertz CT molecular complexity index is 182. The molecule has 0 saturated carbocycles. The predicted octanol–water partition coefficient (Wildman–Crippen LogP) is -1.02. The molecule has 5 heteroatoms. The standard InChI is InChI=1S/C8H17N3O2/c1-6(8(13)10-2)11-5-3-4-7(9)12/h6,11H,3-5H2,1-2H3,(H2,9,12)(H,10,13). The zero-order valence-corrected chi connectivity index (χ0v) is 8.09. The molecule has 0 aliphatic heterocycles. The molecule has 0 saturated heterocycles. The number of likely N-dealkylation sites (N-methyl/N-ethyl adjacent to an activating group) is 1. The van der Waals surface area contributed by atoms with E-state index in [0.717, 1.165) is 0 Å². The van der Waals surface area contributed by atoms with Crippen LogP contribution >= 0.6 is 0 Å². The first kappa shape index (κ1) is 11.9. The van der Waals surface area contributed by atoms with Crippen LogP contribution in [0.15, 0.2) is 0 Å². The summed E-state index contributed by atoms with van der Waals surface area (Å²) < 4.78 is 0. The topological polar surface area (TPSA) is 84.2 Å². The molecule has 5 nitrogen and oxygen atoms in total. The Morgan fingerprint density at radius 2 is 2.08 bits per heavy atom. The first-order chi connectivity index (χ1) is 6.07. The van der Waals surface area contributed by atoms with E-state index in [1.807, 2.05) is 0 Å². The maximum Gasteiger partial charge on any atom is 0.236 e. The number of nitrogens with two attached hydrogens (primary N) is 1. The van der Waals surface area contributed by atoms with Crippen molar-refractivity contribution in [3.05, 3.63) is 0 Å². The molecular formula is C8H17N3O2. The van der Waals surface area contributed by atoms with E-state index in [-0.39, 0.29) is 17.9 Å². The maximum atomic E-state index is 11.0. The first-order valence-electron chi connectivity index (χ1n) is 4.31. The van der Waals surface area contributed by atoms with Crippen molar-refractivity contribution in [1.29, 1.82) is 0 Å². The van der Waals surface area contributed by atoms with Gasteiger partial charge in [0.1, 0.15) is 0 Å². The fourth-order valence-electron chi connectivity index (χ4n) is 0.890. The number of hydrogen-bond acceptors (Lipinski definition) is 3. The van der Waals surface area contributed by atoms with Gasteiger partial charge in [0.25, 0.3) is 0 Å². The minimum absolute atomic E-state index is 0.0564. The minimum atomic E-state index is -0.311. The average molecular weight is 187 g/mol. The number of amides is 2. The van der Waals surface area contributed by atoms with Gasteiger partial charge in [-0.3, -0.25) is 9.59 Å². The summed E-state index contributed by atoms with van der Waals surface area (Å²) in [5, 5.41) is 5.49. The number of carbonyl (C=O) groups excluding carboxylic acids is 2. The molecule has 0 aliphatic rings. The van der Waals surface area contributed by atoms with Gasteiger partial charge in [-0.25, -0.2) is 0 Å². The third-order valence-electron chi connectivity index (χ3n) is 1.69. The summed E-state index contributed by atoms with van der Waals surface area (Å²) >= 11 is 0. The molecule has 1 atom stereocenters. The summed E-state index contributed by atoms with van der Waals surface area (Å²) in [5.74, 6) is -0.367. The van der Waals surface area contributed by atoms with E-state index in [2.05, 4.69) is 10.6 Å². The van der Waals surface area contributed by atoms with Gasteiger partial charge >= 0.3 is 0 Å². The van der Waals surface area contributed by atoms with Crippen LogP contribution in [0.25, 0.3) is 0 Å². The molecule has 0 aromatic rings. The van der Waals surface area contributed by atoms with E-state index in [0.29, 0.717) is 19.4 Å². The molecule has 0 aromatic heterocycles. The number of rotatable bonds is 6. The Kier molecular flexibility index (Phi) is 5.88. The van der Waals surface area contributed by atoms with E-state index in [9.17, 15) is 9.59 Å². The van der Waals surface area contributed by atoms with Crippen LogP contribution in [0, 0.1) is 0 Å². The number of hydrogen-bond donors (Lipinski definition) is 3. The van der Waals surface area contributed by atoms with Crippen LogP contribution in [0.1, 0.15) is 19.8 Å². The van der Waals surface area contributed by atoms with Crippen LogP contribution in [0.3, 0.4) is 0 Å². The second kappa shape index (κ2) is 6.42. The SMILES string of the molecule is CNC(=O)C(C)NCCCC(N)=O. The van der Waals surface area contributed by atoms with E-state index < -0.39 is 0 Å². The van der Waals surface area contributed by atoms with Crippen molar-refractivity contribution in [3.8, 4) is 0 Å². The first-order valence-corrected chi connectivity index (χ1v) is 4.31. The number of nitrogens with one attached hydrogen (secondary N) is 2. The summed E-state index contributed by atoms with van der Waals surface area (Å²) in [6, 6.07) is -0.224. The van der Waals surface area contributed by atoms with Crippen molar-refractivity contribution in [1.82, 2.24) is 10.6 Å². The molecule has 0 fully saturated rings. The van der Waals surface area contributed by atoms with Crippen LogP contribution < -0.4 is 16.4 Å². The van der Waals surface area contributed by atoms with Crippen molar-refractivity contribution in [2.75, 3.05) is 13.6 Å².